The third-order valence-electron chi connectivity index (χ3n) is 6.32. The first-order valence-electron chi connectivity index (χ1n) is 11.3. The van der Waals surface area contributed by atoms with E-state index in [1.807, 2.05) is 6.07 Å². The molecule has 0 unspecified atom stereocenters. The fourth-order valence-corrected chi connectivity index (χ4v) is 4.49. The van der Waals surface area contributed by atoms with Gasteiger partial charge in [0.05, 0.1) is 19.7 Å². The van der Waals surface area contributed by atoms with Gasteiger partial charge < -0.3 is 9.72 Å². The maximum absolute atomic E-state index is 12.9. The van der Waals surface area contributed by atoms with E-state index < -0.39 is 0 Å². The van der Waals surface area contributed by atoms with E-state index in [2.05, 4.69) is 50.5 Å². The summed E-state index contributed by atoms with van der Waals surface area (Å²) in [7, 11) is 1.67. The van der Waals surface area contributed by atoms with Crippen LogP contribution < -0.4 is 5.56 Å². The molecule has 3 aromatic rings. The number of tetrazole rings is 1. The molecule has 1 aliphatic carbocycles. The zero-order valence-corrected chi connectivity index (χ0v) is 18.5. The van der Waals surface area contributed by atoms with E-state index in [4.69, 9.17) is 4.74 Å². The van der Waals surface area contributed by atoms with E-state index in [1.165, 1.54) is 24.8 Å². The lowest BCUT2D eigenvalue weighted by Gasteiger charge is -2.33. The van der Waals surface area contributed by atoms with Gasteiger partial charge in [-0.1, -0.05) is 32.3 Å². The van der Waals surface area contributed by atoms with Crippen molar-refractivity contribution in [1.82, 2.24) is 30.1 Å². The highest BCUT2D eigenvalue weighted by molar-refractivity contribution is 5.79. The van der Waals surface area contributed by atoms with Gasteiger partial charge in [0.2, 0.25) is 0 Å². The normalized spacial score (nSPS) is 15.2. The van der Waals surface area contributed by atoms with Crippen LogP contribution in [0.4, 0.5) is 0 Å². The predicted molar refractivity (Wildman–Crippen MR) is 120 cm³/mol. The molecule has 31 heavy (non-hydrogen) atoms. The minimum atomic E-state index is -0.0171. The molecule has 1 saturated carbocycles. The molecule has 0 radical (unpaired) electrons. The average molecular weight is 425 g/mol. The molecule has 2 aromatic heterocycles. The molecular formula is C23H32N6O2. The van der Waals surface area contributed by atoms with E-state index in [-0.39, 0.29) is 5.56 Å². The van der Waals surface area contributed by atoms with Crippen LogP contribution in [0.2, 0.25) is 0 Å². The maximum atomic E-state index is 12.9. The Labute approximate surface area is 182 Å². The summed E-state index contributed by atoms with van der Waals surface area (Å²) in [6, 6.07) is 8.73. The molecule has 0 spiro atoms. The Morgan fingerprint density at radius 2 is 2.03 bits per heavy atom. The third-order valence-corrected chi connectivity index (χ3v) is 6.32. The standard InChI is InChI=1S/C23H32N6O2/c1-3-17-9-10-21-18(13-17)14-19(23(30)24-21)15-28(20-7-5-4-6-8-20)16-22-25-26-27-29(22)11-12-31-2/h9-10,13-14,20H,3-8,11-12,15-16H2,1-2H3,(H,24,30). The molecule has 0 atom stereocenters. The summed E-state index contributed by atoms with van der Waals surface area (Å²) in [4.78, 5) is 18.3. The van der Waals surface area contributed by atoms with Crippen LogP contribution in [0.5, 0.6) is 0 Å². The van der Waals surface area contributed by atoms with E-state index >= 15 is 0 Å². The molecule has 8 heteroatoms. The van der Waals surface area contributed by atoms with Gasteiger partial charge in [-0.25, -0.2) is 4.68 Å². The zero-order valence-electron chi connectivity index (χ0n) is 18.5. The number of methoxy groups -OCH3 is 1. The first-order chi connectivity index (χ1) is 15.2. The summed E-state index contributed by atoms with van der Waals surface area (Å²) >= 11 is 0. The molecule has 0 aliphatic heterocycles. The molecule has 1 aromatic carbocycles. The summed E-state index contributed by atoms with van der Waals surface area (Å²) in [6.07, 6.45) is 7.00. The first kappa shape index (κ1) is 21.6. The number of pyridine rings is 1. The lowest BCUT2D eigenvalue weighted by atomic mass is 9.93. The van der Waals surface area contributed by atoms with E-state index in [0.717, 1.165) is 41.6 Å². The van der Waals surface area contributed by atoms with Gasteiger partial charge in [0.15, 0.2) is 5.82 Å². The minimum absolute atomic E-state index is 0.0171. The third kappa shape index (κ3) is 5.19. The van der Waals surface area contributed by atoms with Crippen molar-refractivity contribution in [1.29, 1.82) is 0 Å². The van der Waals surface area contributed by atoms with Gasteiger partial charge >= 0.3 is 0 Å². The van der Waals surface area contributed by atoms with Gasteiger partial charge in [-0.15, -0.1) is 5.10 Å². The molecule has 1 N–H and O–H groups in total. The summed E-state index contributed by atoms with van der Waals surface area (Å²) in [5.41, 5.74) is 2.93. The van der Waals surface area contributed by atoms with Crippen molar-refractivity contribution < 1.29 is 4.74 Å². The second kappa shape index (κ2) is 10.2. The molecule has 0 bridgehead atoms. The Morgan fingerprint density at radius 1 is 1.19 bits per heavy atom. The van der Waals surface area contributed by atoms with Crippen molar-refractivity contribution in [2.45, 2.75) is 71.1 Å². The van der Waals surface area contributed by atoms with Gasteiger partial charge in [-0.2, -0.15) is 0 Å². The summed E-state index contributed by atoms with van der Waals surface area (Å²) < 4.78 is 6.99. The maximum Gasteiger partial charge on any atom is 0.252 e. The molecule has 1 fully saturated rings. The van der Waals surface area contributed by atoms with Crippen LogP contribution in [0.25, 0.3) is 10.9 Å². The van der Waals surface area contributed by atoms with E-state index in [9.17, 15) is 4.79 Å². The number of benzene rings is 1. The fraction of sp³-hybridized carbons (Fsp3) is 0.565. The Hall–Kier alpha value is -2.58. The Bertz CT molecular complexity index is 1050. The van der Waals surface area contributed by atoms with Crippen molar-refractivity contribution in [3.05, 3.63) is 51.6 Å². The van der Waals surface area contributed by atoms with Crippen LogP contribution in [0.3, 0.4) is 0 Å². The zero-order chi connectivity index (χ0) is 21.6. The van der Waals surface area contributed by atoms with Gasteiger partial charge in [0, 0.05) is 30.8 Å². The monoisotopic (exact) mass is 424 g/mol. The van der Waals surface area contributed by atoms with Gasteiger partial charge in [0.1, 0.15) is 0 Å². The van der Waals surface area contributed by atoms with E-state index in [1.54, 1.807) is 11.8 Å². The number of aromatic nitrogens is 5. The van der Waals surface area contributed by atoms with Crippen LogP contribution in [0, 0.1) is 0 Å². The Balaban J connectivity index is 1.62. The number of fused-ring (bicyclic) bond motifs is 1. The van der Waals surface area contributed by atoms with Crippen molar-refractivity contribution >= 4 is 10.9 Å². The Kier molecular flexibility index (Phi) is 7.09. The number of aryl methyl sites for hydroxylation is 1. The highest BCUT2D eigenvalue weighted by atomic mass is 16.5. The van der Waals surface area contributed by atoms with Crippen molar-refractivity contribution in [2.75, 3.05) is 13.7 Å². The number of ether oxygens (including phenoxy) is 1. The van der Waals surface area contributed by atoms with Gasteiger partial charge in [-0.3, -0.25) is 9.69 Å². The lowest BCUT2D eigenvalue weighted by Crippen LogP contribution is -2.38. The Morgan fingerprint density at radius 3 is 2.81 bits per heavy atom. The molecular weight excluding hydrogens is 392 g/mol. The summed E-state index contributed by atoms with van der Waals surface area (Å²) in [6.45, 7) is 4.53. The van der Waals surface area contributed by atoms with Crippen LogP contribution in [0.15, 0.2) is 29.1 Å². The fourth-order valence-electron chi connectivity index (χ4n) is 4.49. The molecule has 2 heterocycles. The number of nitrogens with zero attached hydrogens (tertiary/aromatic N) is 5. The van der Waals surface area contributed by atoms with Gasteiger partial charge in [-0.05, 0) is 58.8 Å². The minimum Gasteiger partial charge on any atom is -0.383 e. The van der Waals surface area contributed by atoms with E-state index in [0.29, 0.717) is 32.3 Å². The summed E-state index contributed by atoms with van der Waals surface area (Å²) in [5.74, 6) is 0.813. The van der Waals surface area contributed by atoms with Crippen LogP contribution >= 0.6 is 0 Å². The van der Waals surface area contributed by atoms with Crippen LogP contribution in [-0.2, 0) is 30.8 Å². The SMILES string of the molecule is CCc1ccc2[nH]c(=O)c(CN(Cc3nnnn3CCOC)C3CCCCC3)cc2c1. The number of H-pyrrole nitrogens is 1. The van der Waals surface area contributed by atoms with Gasteiger partial charge in [0.25, 0.3) is 5.56 Å². The highest BCUT2D eigenvalue weighted by Gasteiger charge is 2.24. The molecule has 4 rings (SSSR count). The molecule has 166 valence electrons. The number of hydrogen-bond donors (Lipinski definition) is 1. The molecule has 0 amide bonds. The smallest absolute Gasteiger partial charge is 0.252 e. The summed E-state index contributed by atoms with van der Waals surface area (Å²) in [5, 5.41) is 13.3. The van der Waals surface area contributed by atoms with Crippen molar-refractivity contribution in [2.24, 2.45) is 0 Å². The number of nitrogens with one attached hydrogen (secondary N) is 1. The second-order valence-corrected chi connectivity index (χ2v) is 8.41. The average Bonchev–Trinajstić information content (AvgIpc) is 3.24. The van der Waals surface area contributed by atoms with Crippen LogP contribution in [0.1, 0.15) is 56.0 Å². The quantitative estimate of drug-likeness (QED) is 0.568. The number of hydrogen-bond acceptors (Lipinski definition) is 6. The largest absolute Gasteiger partial charge is 0.383 e. The molecule has 1 aliphatic rings. The topological polar surface area (TPSA) is 88.9 Å². The first-order valence-corrected chi connectivity index (χ1v) is 11.3. The van der Waals surface area contributed by atoms with Crippen molar-refractivity contribution in [3.8, 4) is 0 Å². The second-order valence-electron chi connectivity index (χ2n) is 8.41. The van der Waals surface area contributed by atoms with Crippen LogP contribution in [-0.4, -0.2) is 49.8 Å². The molecule has 0 saturated heterocycles. The number of aromatic amines is 1. The lowest BCUT2D eigenvalue weighted by molar-refractivity contribution is 0.131. The molecule has 8 nitrogen and oxygen atoms in total. The number of rotatable bonds is 9. The van der Waals surface area contributed by atoms with Crippen molar-refractivity contribution in [3.63, 3.8) is 0 Å². The highest BCUT2D eigenvalue weighted by Crippen LogP contribution is 2.25. The predicted octanol–water partition coefficient (Wildman–Crippen LogP) is 3.06.